The monoisotopic (exact) mass is 406 g/mol. The van der Waals surface area contributed by atoms with Crippen molar-refractivity contribution < 1.29 is 33.0 Å². The standard InChI is InChI=1S/C14H16N2O3S.C2HF3O2/c1-2-16-8-11(14(18)19)13(17)10-4-3-9(7-12(10)16)20-6-5-15;3-2(4,5)1(6)7/h3-4,7-8H,2,5-6,15H2,1H3,(H,18,19);(H,6,7). The highest BCUT2D eigenvalue weighted by molar-refractivity contribution is 7.99. The molecule has 2 rings (SSSR count). The molecule has 27 heavy (non-hydrogen) atoms. The molecule has 7 nitrogen and oxygen atoms in total. The molecule has 0 saturated heterocycles. The first-order valence-corrected chi connectivity index (χ1v) is 8.55. The van der Waals surface area contributed by atoms with E-state index in [9.17, 15) is 22.8 Å². The van der Waals surface area contributed by atoms with Gasteiger partial charge in [0, 0.05) is 35.3 Å². The molecule has 4 N–H and O–H groups in total. The Balaban J connectivity index is 0.000000445. The molecule has 0 spiro atoms. The summed E-state index contributed by atoms with van der Waals surface area (Å²) in [6.07, 6.45) is -3.68. The van der Waals surface area contributed by atoms with Gasteiger partial charge in [-0.15, -0.1) is 11.8 Å². The Kier molecular flexibility index (Phi) is 7.85. The number of carbonyl (C=O) groups is 2. The largest absolute Gasteiger partial charge is 0.490 e. The number of carboxylic acids is 2. The van der Waals surface area contributed by atoms with Gasteiger partial charge < -0.3 is 20.5 Å². The number of nitrogens with two attached hydrogens (primary N) is 1. The zero-order valence-electron chi connectivity index (χ0n) is 14.1. The maximum absolute atomic E-state index is 12.1. The van der Waals surface area contributed by atoms with E-state index < -0.39 is 23.5 Å². The molecule has 0 amide bonds. The molecular formula is C16H17F3N2O5S. The number of benzene rings is 1. The number of aliphatic carboxylic acids is 1. The lowest BCUT2D eigenvalue weighted by molar-refractivity contribution is -0.192. The molecule has 2 aromatic rings. The van der Waals surface area contributed by atoms with Gasteiger partial charge in [0.2, 0.25) is 5.43 Å². The highest BCUT2D eigenvalue weighted by atomic mass is 32.2. The number of carboxylic acid groups (broad SMARTS) is 2. The van der Waals surface area contributed by atoms with Gasteiger partial charge in [0.05, 0.1) is 5.52 Å². The van der Waals surface area contributed by atoms with E-state index in [2.05, 4.69) is 0 Å². The second kappa shape index (κ2) is 9.42. The summed E-state index contributed by atoms with van der Waals surface area (Å²) in [6, 6.07) is 5.43. The predicted octanol–water partition coefficient (Wildman–Crippen LogP) is 2.40. The maximum atomic E-state index is 12.1. The second-order valence-corrected chi connectivity index (χ2v) is 6.25. The van der Waals surface area contributed by atoms with Crippen LogP contribution in [0.4, 0.5) is 13.2 Å². The molecule has 0 bridgehead atoms. The van der Waals surface area contributed by atoms with Crippen LogP contribution in [0.15, 0.2) is 34.1 Å². The van der Waals surface area contributed by atoms with E-state index in [4.69, 9.17) is 20.7 Å². The highest BCUT2D eigenvalue weighted by Gasteiger charge is 2.38. The third kappa shape index (κ3) is 6.00. The zero-order valence-corrected chi connectivity index (χ0v) is 14.9. The molecule has 0 aliphatic rings. The van der Waals surface area contributed by atoms with Crippen molar-refractivity contribution >= 4 is 34.6 Å². The van der Waals surface area contributed by atoms with Crippen molar-refractivity contribution in [2.75, 3.05) is 12.3 Å². The summed E-state index contributed by atoms with van der Waals surface area (Å²) >= 11 is 1.61. The van der Waals surface area contributed by atoms with E-state index in [-0.39, 0.29) is 5.56 Å². The van der Waals surface area contributed by atoms with E-state index in [0.717, 1.165) is 16.2 Å². The molecule has 148 valence electrons. The van der Waals surface area contributed by atoms with Crippen molar-refractivity contribution in [2.45, 2.75) is 24.5 Å². The number of aromatic carboxylic acids is 1. The number of rotatable bonds is 5. The summed E-state index contributed by atoms with van der Waals surface area (Å²) < 4.78 is 33.5. The summed E-state index contributed by atoms with van der Waals surface area (Å²) in [7, 11) is 0. The lowest BCUT2D eigenvalue weighted by Crippen LogP contribution is -2.21. The first-order valence-electron chi connectivity index (χ1n) is 7.56. The lowest BCUT2D eigenvalue weighted by Gasteiger charge is -2.11. The number of aromatic nitrogens is 1. The normalized spacial score (nSPS) is 11.0. The van der Waals surface area contributed by atoms with Crippen LogP contribution in [0, 0.1) is 0 Å². The van der Waals surface area contributed by atoms with Crippen molar-refractivity contribution in [2.24, 2.45) is 5.73 Å². The first-order chi connectivity index (χ1) is 12.5. The van der Waals surface area contributed by atoms with Crippen LogP contribution >= 0.6 is 11.8 Å². The number of hydrogen-bond donors (Lipinski definition) is 3. The highest BCUT2D eigenvalue weighted by Crippen LogP contribution is 2.22. The van der Waals surface area contributed by atoms with Crippen LogP contribution in [0.1, 0.15) is 17.3 Å². The Bertz CT molecular complexity index is 896. The molecule has 0 fully saturated rings. The summed E-state index contributed by atoms with van der Waals surface area (Å²) in [5.41, 5.74) is 5.60. The summed E-state index contributed by atoms with van der Waals surface area (Å²) in [6.45, 7) is 3.10. The van der Waals surface area contributed by atoms with Gasteiger partial charge in [-0.25, -0.2) is 9.59 Å². The van der Waals surface area contributed by atoms with Crippen LogP contribution in [-0.2, 0) is 11.3 Å². The maximum Gasteiger partial charge on any atom is 0.490 e. The predicted molar refractivity (Wildman–Crippen MR) is 94.3 cm³/mol. The summed E-state index contributed by atoms with van der Waals surface area (Å²) in [5.74, 6) is -3.15. The van der Waals surface area contributed by atoms with Gasteiger partial charge in [0.15, 0.2) is 0 Å². The Hall–Kier alpha value is -2.53. The lowest BCUT2D eigenvalue weighted by atomic mass is 10.1. The number of fused-ring (bicyclic) bond motifs is 1. The Morgan fingerprint density at radius 1 is 1.26 bits per heavy atom. The number of thioether (sulfide) groups is 1. The minimum absolute atomic E-state index is 0.193. The van der Waals surface area contributed by atoms with E-state index in [1.54, 1.807) is 22.4 Å². The van der Waals surface area contributed by atoms with Gasteiger partial charge >= 0.3 is 18.1 Å². The van der Waals surface area contributed by atoms with Gasteiger partial charge in [-0.1, -0.05) is 0 Å². The molecule has 1 aromatic heterocycles. The SMILES string of the molecule is CCn1cc(C(=O)O)c(=O)c2ccc(SCCN)cc21.O=C(O)C(F)(F)F. The van der Waals surface area contributed by atoms with Crippen LogP contribution in [-0.4, -0.2) is 45.2 Å². The average Bonchev–Trinajstić information content (AvgIpc) is 2.59. The van der Waals surface area contributed by atoms with Crippen molar-refractivity contribution in [1.29, 1.82) is 0 Å². The van der Waals surface area contributed by atoms with Gasteiger partial charge in [-0.2, -0.15) is 13.2 Å². The molecule has 0 aliphatic carbocycles. The van der Waals surface area contributed by atoms with Crippen LogP contribution < -0.4 is 11.2 Å². The van der Waals surface area contributed by atoms with Crippen LogP contribution in [0.3, 0.4) is 0 Å². The fraction of sp³-hybridized carbons (Fsp3) is 0.312. The number of aryl methyl sites for hydroxylation is 1. The van der Waals surface area contributed by atoms with E-state index in [1.165, 1.54) is 6.20 Å². The molecule has 0 unspecified atom stereocenters. The minimum Gasteiger partial charge on any atom is -0.477 e. The van der Waals surface area contributed by atoms with Crippen LogP contribution in [0.5, 0.6) is 0 Å². The minimum atomic E-state index is -5.08. The Morgan fingerprint density at radius 2 is 1.85 bits per heavy atom. The molecule has 0 aliphatic heterocycles. The van der Waals surface area contributed by atoms with Crippen molar-refractivity contribution in [3.8, 4) is 0 Å². The molecule has 1 heterocycles. The molecule has 0 radical (unpaired) electrons. The van der Waals surface area contributed by atoms with E-state index >= 15 is 0 Å². The quantitative estimate of drug-likeness (QED) is 0.652. The molecule has 0 saturated carbocycles. The number of nitrogens with zero attached hydrogens (tertiary/aromatic N) is 1. The second-order valence-electron chi connectivity index (χ2n) is 5.08. The molecule has 1 aromatic carbocycles. The number of alkyl halides is 3. The van der Waals surface area contributed by atoms with Crippen LogP contribution in [0.2, 0.25) is 0 Å². The Labute approximate surface area is 155 Å². The topological polar surface area (TPSA) is 123 Å². The Morgan fingerprint density at radius 3 is 2.30 bits per heavy atom. The summed E-state index contributed by atoms with van der Waals surface area (Å²) in [5, 5.41) is 16.6. The summed E-state index contributed by atoms with van der Waals surface area (Å²) in [4.78, 5) is 33.2. The van der Waals surface area contributed by atoms with Gasteiger partial charge in [-0.3, -0.25) is 4.79 Å². The van der Waals surface area contributed by atoms with Crippen LogP contribution in [0.25, 0.3) is 10.9 Å². The average molecular weight is 406 g/mol. The van der Waals surface area contributed by atoms with Crippen molar-refractivity contribution in [3.63, 3.8) is 0 Å². The van der Waals surface area contributed by atoms with Crippen molar-refractivity contribution in [1.82, 2.24) is 4.57 Å². The van der Waals surface area contributed by atoms with Gasteiger partial charge in [0.25, 0.3) is 0 Å². The molecule has 0 atom stereocenters. The van der Waals surface area contributed by atoms with E-state index in [1.807, 2.05) is 19.1 Å². The molecule has 11 heteroatoms. The number of hydrogen-bond acceptors (Lipinski definition) is 5. The third-order valence-electron chi connectivity index (χ3n) is 3.25. The third-order valence-corrected chi connectivity index (χ3v) is 4.28. The van der Waals surface area contributed by atoms with Gasteiger partial charge in [0.1, 0.15) is 5.56 Å². The zero-order chi connectivity index (χ0) is 20.8. The molecular weight excluding hydrogens is 389 g/mol. The first kappa shape index (κ1) is 22.5. The van der Waals surface area contributed by atoms with Gasteiger partial charge in [-0.05, 0) is 25.1 Å². The van der Waals surface area contributed by atoms with E-state index in [0.29, 0.717) is 18.5 Å². The fourth-order valence-corrected chi connectivity index (χ4v) is 2.76. The smallest absolute Gasteiger partial charge is 0.477 e. The number of halogens is 3. The number of pyridine rings is 1. The fourth-order valence-electron chi connectivity index (χ4n) is 2.05. The van der Waals surface area contributed by atoms with Crippen molar-refractivity contribution in [3.05, 3.63) is 40.2 Å².